The normalized spacial score (nSPS) is 15.7. The number of anilines is 1. The Kier molecular flexibility index (Phi) is 8.43. The first-order valence-corrected chi connectivity index (χ1v) is 12.3. The monoisotopic (exact) mass is 495 g/mol. The third-order valence-electron chi connectivity index (χ3n) is 6.41. The van der Waals surface area contributed by atoms with E-state index in [1.165, 1.54) is 4.90 Å². The highest BCUT2D eigenvalue weighted by Crippen LogP contribution is 2.37. The predicted molar refractivity (Wildman–Crippen MR) is 134 cm³/mol. The molecular formula is C27H33N3O6. The Balaban J connectivity index is 1.75. The van der Waals surface area contributed by atoms with E-state index in [1.807, 2.05) is 19.1 Å². The van der Waals surface area contributed by atoms with Gasteiger partial charge in [-0.25, -0.2) is 0 Å². The number of nitrogens with zero attached hydrogens (tertiary/aromatic N) is 1. The van der Waals surface area contributed by atoms with Gasteiger partial charge in [-0.2, -0.15) is 0 Å². The first kappa shape index (κ1) is 25.5. The summed E-state index contributed by atoms with van der Waals surface area (Å²) in [6.45, 7) is 3.30. The van der Waals surface area contributed by atoms with Crippen LogP contribution >= 0.6 is 0 Å². The quantitative estimate of drug-likeness (QED) is 0.431. The van der Waals surface area contributed by atoms with Gasteiger partial charge in [-0.3, -0.25) is 19.3 Å². The van der Waals surface area contributed by atoms with Crippen molar-refractivity contribution in [2.45, 2.75) is 44.7 Å². The second-order valence-corrected chi connectivity index (χ2v) is 9.06. The van der Waals surface area contributed by atoms with E-state index >= 15 is 0 Å². The van der Waals surface area contributed by atoms with Crippen LogP contribution in [-0.2, 0) is 19.1 Å². The highest BCUT2D eigenvalue weighted by atomic mass is 16.6. The lowest BCUT2D eigenvalue weighted by atomic mass is 10.0. The molecule has 2 aromatic carbocycles. The van der Waals surface area contributed by atoms with Crippen molar-refractivity contribution in [1.29, 1.82) is 0 Å². The fraction of sp³-hybridized carbons (Fsp3) is 0.444. The standard InChI is InChI=1S/C27H33N3O6/c1-18-7-9-19(10-8-18)24(25(31)28-13-14-34-2)30(27(33)26(32)29-20-5-3-4-6-20)21-11-12-22-23(17-21)36-16-15-35-22/h7-12,17,20,24H,3-6,13-16H2,1-2H3,(H,28,31)(H,29,32)/t24-/m0/s1. The molecule has 1 fully saturated rings. The maximum atomic E-state index is 13.8. The zero-order valence-corrected chi connectivity index (χ0v) is 20.7. The van der Waals surface area contributed by atoms with Crippen molar-refractivity contribution in [3.8, 4) is 11.5 Å². The number of carbonyl (C=O) groups excluding carboxylic acids is 3. The van der Waals surface area contributed by atoms with E-state index in [-0.39, 0.29) is 12.6 Å². The van der Waals surface area contributed by atoms with Gasteiger partial charge in [-0.1, -0.05) is 42.7 Å². The maximum Gasteiger partial charge on any atom is 0.317 e. The number of benzene rings is 2. The van der Waals surface area contributed by atoms with Crippen molar-refractivity contribution < 1.29 is 28.6 Å². The summed E-state index contributed by atoms with van der Waals surface area (Å²) in [4.78, 5) is 41.7. The number of aryl methyl sites for hydroxylation is 1. The molecule has 36 heavy (non-hydrogen) atoms. The summed E-state index contributed by atoms with van der Waals surface area (Å²) >= 11 is 0. The van der Waals surface area contributed by atoms with E-state index in [9.17, 15) is 14.4 Å². The molecule has 0 spiro atoms. The molecule has 1 saturated carbocycles. The SMILES string of the molecule is COCCNC(=O)[C@H](c1ccc(C)cc1)N(C(=O)C(=O)NC1CCCC1)c1ccc2c(c1)OCCO2. The van der Waals surface area contributed by atoms with Crippen LogP contribution in [-0.4, -0.2) is 57.2 Å². The molecule has 192 valence electrons. The van der Waals surface area contributed by atoms with Gasteiger partial charge in [-0.15, -0.1) is 0 Å². The van der Waals surface area contributed by atoms with Crippen molar-refractivity contribution in [2.75, 3.05) is 38.4 Å². The molecule has 3 amide bonds. The average molecular weight is 496 g/mol. The molecule has 1 aliphatic heterocycles. The van der Waals surface area contributed by atoms with Crippen LogP contribution < -0.4 is 25.0 Å². The van der Waals surface area contributed by atoms with Gasteiger partial charge in [0, 0.05) is 31.5 Å². The van der Waals surface area contributed by atoms with E-state index in [1.54, 1.807) is 37.4 Å². The zero-order valence-electron chi connectivity index (χ0n) is 20.7. The molecule has 1 atom stereocenters. The molecule has 0 radical (unpaired) electrons. The minimum absolute atomic E-state index is 0.0445. The maximum absolute atomic E-state index is 13.8. The Morgan fingerprint density at radius 2 is 1.72 bits per heavy atom. The van der Waals surface area contributed by atoms with Crippen molar-refractivity contribution in [3.63, 3.8) is 0 Å². The molecule has 0 aromatic heterocycles. The number of rotatable bonds is 8. The summed E-state index contributed by atoms with van der Waals surface area (Å²) in [5.41, 5.74) is 1.94. The van der Waals surface area contributed by atoms with Crippen LogP contribution in [0.25, 0.3) is 0 Å². The second-order valence-electron chi connectivity index (χ2n) is 9.06. The van der Waals surface area contributed by atoms with Crippen LogP contribution in [0.5, 0.6) is 11.5 Å². The van der Waals surface area contributed by atoms with E-state index in [4.69, 9.17) is 14.2 Å². The van der Waals surface area contributed by atoms with Crippen molar-refractivity contribution in [3.05, 3.63) is 53.6 Å². The molecule has 1 heterocycles. The summed E-state index contributed by atoms with van der Waals surface area (Å²) in [6.07, 6.45) is 3.70. The second kappa shape index (κ2) is 11.9. The first-order chi connectivity index (χ1) is 17.5. The van der Waals surface area contributed by atoms with E-state index in [2.05, 4.69) is 10.6 Å². The molecule has 0 bridgehead atoms. The fourth-order valence-corrected chi connectivity index (χ4v) is 4.53. The highest BCUT2D eigenvalue weighted by Gasteiger charge is 2.37. The lowest BCUT2D eigenvalue weighted by Gasteiger charge is -2.32. The average Bonchev–Trinajstić information content (AvgIpc) is 3.40. The van der Waals surface area contributed by atoms with Crippen LogP contribution in [0.3, 0.4) is 0 Å². The Morgan fingerprint density at radius 3 is 2.42 bits per heavy atom. The molecule has 9 heteroatoms. The van der Waals surface area contributed by atoms with Gasteiger partial charge in [0.2, 0.25) is 5.91 Å². The van der Waals surface area contributed by atoms with Gasteiger partial charge in [-0.05, 0) is 37.5 Å². The summed E-state index contributed by atoms with van der Waals surface area (Å²) in [5, 5.41) is 5.69. The Morgan fingerprint density at radius 1 is 1.03 bits per heavy atom. The smallest absolute Gasteiger partial charge is 0.317 e. The van der Waals surface area contributed by atoms with Gasteiger partial charge in [0.25, 0.3) is 0 Å². The highest BCUT2D eigenvalue weighted by molar-refractivity contribution is 6.41. The van der Waals surface area contributed by atoms with Crippen LogP contribution in [0.4, 0.5) is 5.69 Å². The molecule has 9 nitrogen and oxygen atoms in total. The number of nitrogens with one attached hydrogen (secondary N) is 2. The lowest BCUT2D eigenvalue weighted by molar-refractivity contribution is -0.139. The van der Waals surface area contributed by atoms with Crippen LogP contribution in [0.2, 0.25) is 0 Å². The minimum Gasteiger partial charge on any atom is -0.486 e. The molecule has 2 N–H and O–H groups in total. The molecule has 2 aliphatic rings. The van der Waals surface area contributed by atoms with Crippen LogP contribution in [0, 0.1) is 6.92 Å². The van der Waals surface area contributed by atoms with Gasteiger partial charge >= 0.3 is 11.8 Å². The van der Waals surface area contributed by atoms with Crippen molar-refractivity contribution >= 4 is 23.4 Å². The van der Waals surface area contributed by atoms with E-state index in [0.717, 1.165) is 31.2 Å². The molecular weight excluding hydrogens is 462 g/mol. The first-order valence-electron chi connectivity index (χ1n) is 12.3. The number of methoxy groups -OCH3 is 1. The van der Waals surface area contributed by atoms with E-state index < -0.39 is 23.8 Å². The van der Waals surface area contributed by atoms with Crippen LogP contribution in [0.15, 0.2) is 42.5 Å². The third kappa shape index (κ3) is 5.96. The number of carbonyl (C=O) groups is 3. The Hall–Kier alpha value is -3.59. The molecule has 4 rings (SSSR count). The van der Waals surface area contributed by atoms with Gasteiger partial charge in [0.15, 0.2) is 11.5 Å². The number of ether oxygens (including phenoxy) is 3. The molecule has 1 aliphatic carbocycles. The number of hydrogen-bond acceptors (Lipinski definition) is 6. The Labute approximate surface area is 211 Å². The summed E-state index contributed by atoms with van der Waals surface area (Å²) in [5.74, 6) is -0.975. The molecule has 0 saturated heterocycles. The zero-order chi connectivity index (χ0) is 25.5. The van der Waals surface area contributed by atoms with Gasteiger partial charge < -0.3 is 24.8 Å². The van der Waals surface area contributed by atoms with Crippen molar-refractivity contribution in [2.24, 2.45) is 0 Å². The summed E-state index contributed by atoms with van der Waals surface area (Å²) in [7, 11) is 1.54. The van der Waals surface area contributed by atoms with E-state index in [0.29, 0.717) is 42.6 Å². The Bertz CT molecular complexity index is 1080. The molecule has 2 aromatic rings. The minimum atomic E-state index is -1.09. The number of amides is 3. The predicted octanol–water partition coefficient (Wildman–Crippen LogP) is 2.66. The number of hydrogen-bond donors (Lipinski definition) is 2. The lowest BCUT2D eigenvalue weighted by Crippen LogP contribution is -2.51. The topological polar surface area (TPSA) is 106 Å². The summed E-state index contributed by atoms with van der Waals surface area (Å²) < 4.78 is 16.4. The van der Waals surface area contributed by atoms with Crippen LogP contribution in [0.1, 0.15) is 42.9 Å². The largest absolute Gasteiger partial charge is 0.486 e. The number of fused-ring (bicyclic) bond motifs is 1. The summed E-state index contributed by atoms with van der Waals surface area (Å²) in [6, 6.07) is 11.2. The fourth-order valence-electron chi connectivity index (χ4n) is 4.53. The molecule has 0 unspecified atom stereocenters. The van der Waals surface area contributed by atoms with Gasteiger partial charge in [0.1, 0.15) is 19.3 Å². The third-order valence-corrected chi connectivity index (χ3v) is 6.41. The van der Waals surface area contributed by atoms with Gasteiger partial charge in [0.05, 0.1) is 6.61 Å². The van der Waals surface area contributed by atoms with Crippen molar-refractivity contribution in [1.82, 2.24) is 10.6 Å².